The Morgan fingerprint density at radius 1 is 1.61 bits per heavy atom. The van der Waals surface area contributed by atoms with Gasteiger partial charge in [0.2, 0.25) is 5.91 Å². The zero-order chi connectivity index (χ0) is 13.1. The standard InChI is InChI=1S/C12H15N3O3/c1-2-15-7-8(6-11(15)16)13-10-5-3-4-9(14-10)12(17)18/h3-5,8H,2,6-7H2,1H3,(H,13,14)(H,17,18). The molecular formula is C12H15N3O3. The van der Waals surface area contributed by atoms with Crippen LogP contribution in [0.5, 0.6) is 0 Å². The Bertz CT molecular complexity index is 475. The molecule has 1 unspecified atom stereocenters. The zero-order valence-electron chi connectivity index (χ0n) is 10.1. The van der Waals surface area contributed by atoms with Gasteiger partial charge in [-0.25, -0.2) is 9.78 Å². The van der Waals surface area contributed by atoms with Crippen LogP contribution in [0.3, 0.4) is 0 Å². The van der Waals surface area contributed by atoms with Crippen LogP contribution >= 0.6 is 0 Å². The van der Waals surface area contributed by atoms with Crippen molar-refractivity contribution in [1.82, 2.24) is 9.88 Å². The fourth-order valence-corrected chi connectivity index (χ4v) is 2.02. The Labute approximate surface area is 105 Å². The molecule has 1 atom stereocenters. The summed E-state index contributed by atoms with van der Waals surface area (Å²) in [6.07, 6.45) is 0.423. The molecule has 0 aromatic carbocycles. The lowest BCUT2D eigenvalue weighted by Gasteiger charge is -2.15. The highest BCUT2D eigenvalue weighted by Gasteiger charge is 2.28. The van der Waals surface area contributed by atoms with Crippen LogP contribution in [0.25, 0.3) is 0 Å². The van der Waals surface area contributed by atoms with E-state index in [0.717, 1.165) is 0 Å². The lowest BCUT2D eigenvalue weighted by atomic mass is 10.2. The third-order valence-electron chi connectivity index (χ3n) is 2.92. The summed E-state index contributed by atoms with van der Waals surface area (Å²) in [4.78, 5) is 28.1. The molecular weight excluding hydrogens is 234 g/mol. The van der Waals surface area contributed by atoms with Crippen molar-refractivity contribution >= 4 is 17.7 Å². The van der Waals surface area contributed by atoms with Crippen LogP contribution in [0.2, 0.25) is 0 Å². The number of aromatic nitrogens is 1. The summed E-state index contributed by atoms with van der Waals surface area (Å²) < 4.78 is 0. The molecule has 2 N–H and O–H groups in total. The lowest BCUT2D eigenvalue weighted by molar-refractivity contribution is -0.127. The first kappa shape index (κ1) is 12.3. The maximum Gasteiger partial charge on any atom is 0.354 e. The van der Waals surface area contributed by atoms with Gasteiger partial charge in [-0.15, -0.1) is 0 Å². The molecule has 2 heterocycles. The summed E-state index contributed by atoms with van der Waals surface area (Å²) in [7, 11) is 0. The van der Waals surface area contributed by atoms with Crippen LogP contribution < -0.4 is 5.32 Å². The van der Waals surface area contributed by atoms with Gasteiger partial charge in [0.25, 0.3) is 0 Å². The molecule has 18 heavy (non-hydrogen) atoms. The molecule has 1 aromatic heterocycles. The second kappa shape index (κ2) is 5.03. The van der Waals surface area contributed by atoms with Crippen LogP contribution in [-0.4, -0.2) is 46.0 Å². The topological polar surface area (TPSA) is 82.5 Å². The molecule has 96 valence electrons. The second-order valence-corrected chi connectivity index (χ2v) is 4.19. The number of hydrogen-bond acceptors (Lipinski definition) is 4. The van der Waals surface area contributed by atoms with E-state index < -0.39 is 5.97 Å². The van der Waals surface area contributed by atoms with E-state index in [9.17, 15) is 9.59 Å². The number of carbonyl (C=O) groups is 2. The SMILES string of the molecule is CCN1CC(Nc2cccc(C(=O)O)n2)CC1=O. The number of likely N-dealkylation sites (tertiary alicyclic amines) is 1. The number of pyridine rings is 1. The molecule has 1 aromatic rings. The molecule has 2 rings (SSSR count). The van der Waals surface area contributed by atoms with Gasteiger partial charge in [-0.2, -0.15) is 0 Å². The maximum absolute atomic E-state index is 11.6. The Kier molecular flexibility index (Phi) is 3.45. The lowest BCUT2D eigenvalue weighted by Crippen LogP contribution is -2.27. The number of rotatable bonds is 4. The molecule has 0 aliphatic carbocycles. The highest BCUT2D eigenvalue weighted by Crippen LogP contribution is 2.15. The molecule has 6 heteroatoms. The number of nitrogens with zero attached hydrogens (tertiary/aromatic N) is 2. The highest BCUT2D eigenvalue weighted by atomic mass is 16.4. The third kappa shape index (κ3) is 2.58. The van der Waals surface area contributed by atoms with Crippen molar-refractivity contribution in [3.05, 3.63) is 23.9 Å². The summed E-state index contributed by atoms with van der Waals surface area (Å²) in [5.74, 6) is -0.452. The van der Waals surface area contributed by atoms with Gasteiger partial charge < -0.3 is 15.3 Å². The normalized spacial score (nSPS) is 19.1. The van der Waals surface area contributed by atoms with Gasteiger partial charge in [-0.05, 0) is 19.1 Å². The molecule has 1 amide bonds. The predicted molar refractivity (Wildman–Crippen MR) is 65.5 cm³/mol. The number of amides is 1. The molecule has 0 saturated carbocycles. The molecule has 1 fully saturated rings. The minimum atomic E-state index is -1.06. The zero-order valence-corrected chi connectivity index (χ0v) is 10.1. The molecule has 1 saturated heterocycles. The minimum Gasteiger partial charge on any atom is -0.477 e. The van der Waals surface area contributed by atoms with Crippen LogP contribution in [0.15, 0.2) is 18.2 Å². The smallest absolute Gasteiger partial charge is 0.354 e. The van der Waals surface area contributed by atoms with E-state index in [0.29, 0.717) is 25.3 Å². The van der Waals surface area contributed by atoms with Crippen molar-refractivity contribution in [2.45, 2.75) is 19.4 Å². The van der Waals surface area contributed by atoms with Gasteiger partial charge in [0.1, 0.15) is 5.82 Å². The average Bonchev–Trinajstić information content (AvgIpc) is 2.69. The number of nitrogens with one attached hydrogen (secondary N) is 1. The molecule has 1 aliphatic heterocycles. The van der Waals surface area contributed by atoms with E-state index in [2.05, 4.69) is 10.3 Å². The second-order valence-electron chi connectivity index (χ2n) is 4.19. The van der Waals surface area contributed by atoms with Crippen molar-refractivity contribution in [3.8, 4) is 0 Å². The molecule has 0 spiro atoms. The Morgan fingerprint density at radius 3 is 3.00 bits per heavy atom. The monoisotopic (exact) mass is 249 g/mol. The van der Waals surface area contributed by atoms with Gasteiger partial charge in [0.15, 0.2) is 5.69 Å². The first-order valence-corrected chi connectivity index (χ1v) is 5.84. The number of anilines is 1. The van der Waals surface area contributed by atoms with Crippen molar-refractivity contribution in [3.63, 3.8) is 0 Å². The van der Waals surface area contributed by atoms with E-state index >= 15 is 0 Å². The Balaban J connectivity index is 2.04. The first-order valence-electron chi connectivity index (χ1n) is 5.84. The largest absolute Gasteiger partial charge is 0.477 e. The van der Waals surface area contributed by atoms with Crippen molar-refractivity contribution < 1.29 is 14.7 Å². The van der Waals surface area contributed by atoms with Crippen LogP contribution in [0, 0.1) is 0 Å². The van der Waals surface area contributed by atoms with E-state index in [-0.39, 0.29) is 17.6 Å². The van der Waals surface area contributed by atoms with Gasteiger partial charge in [0, 0.05) is 19.5 Å². The van der Waals surface area contributed by atoms with E-state index in [1.165, 1.54) is 6.07 Å². The van der Waals surface area contributed by atoms with Crippen LogP contribution in [-0.2, 0) is 4.79 Å². The molecule has 6 nitrogen and oxygen atoms in total. The number of aromatic carboxylic acids is 1. The van der Waals surface area contributed by atoms with Crippen molar-refractivity contribution in [1.29, 1.82) is 0 Å². The fourth-order valence-electron chi connectivity index (χ4n) is 2.02. The predicted octanol–water partition coefficient (Wildman–Crippen LogP) is 0.813. The highest BCUT2D eigenvalue weighted by molar-refractivity contribution is 5.85. The fraction of sp³-hybridized carbons (Fsp3) is 0.417. The van der Waals surface area contributed by atoms with Crippen molar-refractivity contribution in [2.24, 2.45) is 0 Å². The number of carboxylic acid groups (broad SMARTS) is 1. The van der Waals surface area contributed by atoms with E-state index in [1.54, 1.807) is 17.0 Å². The molecule has 1 aliphatic rings. The van der Waals surface area contributed by atoms with E-state index in [4.69, 9.17) is 5.11 Å². The van der Waals surface area contributed by atoms with E-state index in [1.807, 2.05) is 6.92 Å². The Morgan fingerprint density at radius 2 is 2.39 bits per heavy atom. The number of carboxylic acids is 1. The quantitative estimate of drug-likeness (QED) is 0.825. The first-order chi connectivity index (χ1) is 8.60. The average molecular weight is 249 g/mol. The summed E-state index contributed by atoms with van der Waals surface area (Å²) in [6, 6.07) is 4.76. The number of likely N-dealkylation sites (N-methyl/N-ethyl adjacent to an activating group) is 1. The molecule has 0 bridgehead atoms. The summed E-state index contributed by atoms with van der Waals surface area (Å²) in [5, 5.41) is 11.9. The molecule has 0 radical (unpaired) electrons. The minimum absolute atomic E-state index is 0.00308. The van der Waals surface area contributed by atoms with Crippen LogP contribution in [0.1, 0.15) is 23.8 Å². The summed E-state index contributed by atoms with van der Waals surface area (Å²) >= 11 is 0. The van der Waals surface area contributed by atoms with Gasteiger partial charge in [0.05, 0.1) is 6.04 Å². The summed E-state index contributed by atoms with van der Waals surface area (Å²) in [5.41, 5.74) is -0.00308. The van der Waals surface area contributed by atoms with Gasteiger partial charge >= 0.3 is 5.97 Å². The Hall–Kier alpha value is -2.11. The number of carbonyl (C=O) groups excluding carboxylic acids is 1. The summed E-state index contributed by atoms with van der Waals surface area (Å²) in [6.45, 7) is 3.26. The van der Waals surface area contributed by atoms with Crippen LogP contribution in [0.4, 0.5) is 5.82 Å². The van der Waals surface area contributed by atoms with Gasteiger partial charge in [-0.3, -0.25) is 4.79 Å². The maximum atomic E-state index is 11.6. The van der Waals surface area contributed by atoms with Crippen molar-refractivity contribution in [2.75, 3.05) is 18.4 Å². The number of hydrogen-bond donors (Lipinski definition) is 2. The van der Waals surface area contributed by atoms with Gasteiger partial charge in [-0.1, -0.05) is 6.07 Å². The third-order valence-corrected chi connectivity index (χ3v) is 2.92.